The van der Waals surface area contributed by atoms with Gasteiger partial charge in [-0.1, -0.05) is 30.3 Å². The van der Waals surface area contributed by atoms with Crippen LogP contribution in [-0.2, 0) is 16.0 Å². The second kappa shape index (κ2) is 8.09. The van der Waals surface area contributed by atoms with Crippen molar-refractivity contribution in [2.75, 3.05) is 6.54 Å². The van der Waals surface area contributed by atoms with Gasteiger partial charge in [-0.25, -0.2) is 14.2 Å². The van der Waals surface area contributed by atoms with E-state index in [0.29, 0.717) is 18.4 Å². The standard InChI is InChI=1S/C24H22N4O5/c29-21-16-7-2-4-9-18(16)26-24(33)28(21)20(22(30)27-11-5-10-19(27)23(31)32)12-14-13-25-17-8-3-1-6-15(14)17/h1-4,6-9,13,19-20,25H,5,10-12H2,(H,26,33)(H,31,32)/t19-,20+/m0/s1. The Labute approximate surface area is 187 Å². The molecule has 5 rings (SSSR count). The van der Waals surface area contributed by atoms with Gasteiger partial charge in [-0.3, -0.25) is 9.59 Å². The van der Waals surface area contributed by atoms with Gasteiger partial charge in [0.15, 0.2) is 0 Å². The molecule has 1 saturated heterocycles. The van der Waals surface area contributed by atoms with Gasteiger partial charge in [0, 0.05) is 30.1 Å². The predicted octanol–water partition coefficient (Wildman–Crippen LogP) is 2.03. The maximum absolute atomic E-state index is 13.7. The van der Waals surface area contributed by atoms with Gasteiger partial charge in [0.1, 0.15) is 12.1 Å². The Morgan fingerprint density at radius 1 is 1.03 bits per heavy atom. The molecule has 33 heavy (non-hydrogen) atoms. The van der Waals surface area contributed by atoms with Gasteiger partial charge in [0.2, 0.25) is 5.91 Å². The first-order valence-electron chi connectivity index (χ1n) is 10.8. The molecule has 9 nitrogen and oxygen atoms in total. The third-order valence-electron chi connectivity index (χ3n) is 6.34. The molecule has 1 fully saturated rings. The number of hydrogen-bond acceptors (Lipinski definition) is 4. The Morgan fingerprint density at radius 2 is 1.73 bits per heavy atom. The summed E-state index contributed by atoms with van der Waals surface area (Å²) < 4.78 is 0.934. The Morgan fingerprint density at radius 3 is 2.48 bits per heavy atom. The minimum absolute atomic E-state index is 0.0625. The van der Waals surface area contributed by atoms with Crippen LogP contribution in [0.2, 0.25) is 0 Å². The van der Waals surface area contributed by atoms with E-state index in [1.54, 1.807) is 30.5 Å². The van der Waals surface area contributed by atoms with Crippen molar-refractivity contribution < 1.29 is 14.7 Å². The lowest BCUT2D eigenvalue weighted by Gasteiger charge is -2.27. The highest BCUT2D eigenvalue weighted by molar-refractivity contribution is 5.89. The zero-order valence-electron chi connectivity index (χ0n) is 17.7. The molecule has 3 heterocycles. The van der Waals surface area contributed by atoms with Crippen molar-refractivity contribution in [3.8, 4) is 0 Å². The molecule has 0 radical (unpaired) electrons. The van der Waals surface area contributed by atoms with Gasteiger partial charge >= 0.3 is 11.7 Å². The molecule has 9 heteroatoms. The Balaban J connectivity index is 1.67. The van der Waals surface area contributed by atoms with Crippen molar-refractivity contribution in [1.29, 1.82) is 0 Å². The highest BCUT2D eigenvalue weighted by atomic mass is 16.4. The number of carboxylic acid groups (broad SMARTS) is 1. The number of rotatable bonds is 5. The van der Waals surface area contributed by atoms with Crippen LogP contribution >= 0.6 is 0 Å². The molecule has 0 spiro atoms. The number of hydrogen-bond donors (Lipinski definition) is 3. The number of carboxylic acids is 1. The zero-order chi connectivity index (χ0) is 23.1. The van der Waals surface area contributed by atoms with E-state index >= 15 is 0 Å². The van der Waals surface area contributed by atoms with E-state index < -0.39 is 35.2 Å². The quantitative estimate of drug-likeness (QED) is 0.432. The van der Waals surface area contributed by atoms with Crippen LogP contribution in [0.4, 0.5) is 0 Å². The molecule has 2 aromatic carbocycles. The summed E-state index contributed by atoms with van der Waals surface area (Å²) in [5, 5.41) is 10.8. The number of likely N-dealkylation sites (tertiary alicyclic amines) is 1. The van der Waals surface area contributed by atoms with Gasteiger partial charge < -0.3 is 20.0 Å². The van der Waals surface area contributed by atoms with Crippen LogP contribution < -0.4 is 11.2 Å². The number of aromatic amines is 2. The number of benzene rings is 2. The summed E-state index contributed by atoms with van der Waals surface area (Å²) in [4.78, 5) is 59.0. The Hall–Kier alpha value is -4.14. The molecular weight excluding hydrogens is 424 g/mol. The van der Waals surface area contributed by atoms with Gasteiger partial charge in [-0.05, 0) is 36.6 Å². The molecule has 0 unspecified atom stereocenters. The molecule has 0 bridgehead atoms. The monoisotopic (exact) mass is 446 g/mol. The van der Waals surface area contributed by atoms with E-state index in [1.165, 1.54) is 4.90 Å². The minimum Gasteiger partial charge on any atom is -0.480 e. The maximum atomic E-state index is 13.7. The Kier molecular flexibility index (Phi) is 5.08. The van der Waals surface area contributed by atoms with Gasteiger partial charge in [-0.2, -0.15) is 0 Å². The lowest BCUT2D eigenvalue weighted by molar-refractivity contribution is -0.149. The summed E-state index contributed by atoms with van der Waals surface area (Å²) in [5.74, 6) is -1.64. The van der Waals surface area contributed by atoms with Crippen LogP contribution in [0.15, 0.2) is 64.3 Å². The average Bonchev–Trinajstić information content (AvgIpc) is 3.46. The summed E-state index contributed by atoms with van der Waals surface area (Å²) in [6.07, 6.45) is 2.70. The Bertz CT molecular complexity index is 1500. The fourth-order valence-electron chi connectivity index (χ4n) is 4.74. The van der Waals surface area contributed by atoms with E-state index in [9.17, 15) is 24.3 Å². The number of carbonyl (C=O) groups excluding carboxylic acids is 1. The minimum atomic E-state index is -1.19. The average molecular weight is 446 g/mol. The van der Waals surface area contributed by atoms with Crippen LogP contribution in [-0.4, -0.2) is 49.0 Å². The van der Waals surface area contributed by atoms with Crippen molar-refractivity contribution in [2.24, 2.45) is 0 Å². The van der Waals surface area contributed by atoms with Crippen LogP contribution in [0, 0.1) is 0 Å². The maximum Gasteiger partial charge on any atom is 0.329 e. The van der Waals surface area contributed by atoms with E-state index in [-0.39, 0.29) is 18.4 Å². The molecule has 2 aromatic heterocycles. The molecule has 0 saturated carbocycles. The summed E-state index contributed by atoms with van der Waals surface area (Å²) in [5.41, 5.74) is 0.714. The topological polar surface area (TPSA) is 128 Å². The van der Waals surface area contributed by atoms with Crippen LogP contribution in [0.1, 0.15) is 24.4 Å². The molecule has 4 aromatic rings. The number of aromatic nitrogens is 3. The molecular formula is C24H22N4O5. The second-order valence-corrected chi connectivity index (χ2v) is 8.26. The third kappa shape index (κ3) is 3.51. The molecule has 2 atom stereocenters. The molecule has 3 N–H and O–H groups in total. The fraction of sp³-hybridized carbons (Fsp3) is 0.250. The highest BCUT2D eigenvalue weighted by Crippen LogP contribution is 2.26. The van der Waals surface area contributed by atoms with E-state index in [0.717, 1.165) is 21.0 Å². The molecule has 168 valence electrons. The number of amides is 1. The number of nitrogens with zero attached hydrogens (tertiary/aromatic N) is 2. The van der Waals surface area contributed by atoms with E-state index in [4.69, 9.17) is 0 Å². The number of carbonyl (C=O) groups is 2. The first-order valence-corrected chi connectivity index (χ1v) is 10.8. The SMILES string of the molecule is O=C(O)[C@@H]1CCCN1C(=O)[C@@H](Cc1c[nH]c2ccccc12)n1c(=O)[nH]c2ccccc2c1=O. The smallest absolute Gasteiger partial charge is 0.329 e. The zero-order valence-corrected chi connectivity index (χ0v) is 17.7. The van der Waals surface area contributed by atoms with Crippen LogP contribution in [0.5, 0.6) is 0 Å². The third-order valence-corrected chi connectivity index (χ3v) is 6.34. The highest BCUT2D eigenvalue weighted by Gasteiger charge is 2.39. The largest absolute Gasteiger partial charge is 0.480 e. The van der Waals surface area contributed by atoms with Crippen LogP contribution in [0.3, 0.4) is 0 Å². The van der Waals surface area contributed by atoms with Crippen molar-refractivity contribution in [3.63, 3.8) is 0 Å². The van der Waals surface area contributed by atoms with Crippen molar-refractivity contribution >= 4 is 33.7 Å². The molecule has 1 amide bonds. The number of H-pyrrole nitrogens is 2. The van der Waals surface area contributed by atoms with E-state index in [2.05, 4.69) is 9.97 Å². The lowest BCUT2D eigenvalue weighted by atomic mass is 10.0. The van der Waals surface area contributed by atoms with Crippen LogP contribution in [0.25, 0.3) is 21.8 Å². The molecule has 0 aliphatic carbocycles. The van der Waals surface area contributed by atoms with Gasteiger partial charge in [0.05, 0.1) is 10.9 Å². The second-order valence-electron chi connectivity index (χ2n) is 8.26. The first-order chi connectivity index (χ1) is 16.0. The van der Waals surface area contributed by atoms with Gasteiger partial charge in [0.25, 0.3) is 5.56 Å². The lowest BCUT2D eigenvalue weighted by Crippen LogP contribution is -2.49. The van der Waals surface area contributed by atoms with Crippen molar-refractivity contribution in [2.45, 2.75) is 31.3 Å². The molecule has 1 aliphatic rings. The van der Waals surface area contributed by atoms with Crippen molar-refractivity contribution in [1.82, 2.24) is 19.4 Å². The van der Waals surface area contributed by atoms with Gasteiger partial charge in [-0.15, -0.1) is 0 Å². The summed E-state index contributed by atoms with van der Waals surface area (Å²) in [6.45, 7) is 0.264. The van der Waals surface area contributed by atoms with E-state index in [1.807, 2.05) is 24.3 Å². The fourth-order valence-corrected chi connectivity index (χ4v) is 4.74. The molecule has 1 aliphatic heterocycles. The summed E-state index contributed by atoms with van der Waals surface area (Å²) in [6, 6.07) is 12.0. The number of aliphatic carboxylic acids is 1. The van der Waals surface area contributed by atoms with Crippen molar-refractivity contribution in [3.05, 3.63) is 81.1 Å². The first kappa shape index (κ1) is 20.7. The summed E-state index contributed by atoms with van der Waals surface area (Å²) in [7, 11) is 0. The number of fused-ring (bicyclic) bond motifs is 2. The number of nitrogens with one attached hydrogen (secondary N) is 2. The predicted molar refractivity (Wildman–Crippen MR) is 122 cm³/mol. The normalized spacial score (nSPS) is 17.0. The number of para-hydroxylation sites is 2. The summed E-state index contributed by atoms with van der Waals surface area (Å²) >= 11 is 0.